The molecule has 0 saturated heterocycles. The Kier molecular flexibility index (Phi) is 7.39. The van der Waals surface area contributed by atoms with Crippen LogP contribution in [0.1, 0.15) is 64.9 Å². The molecule has 5 rings (SSSR count). The van der Waals surface area contributed by atoms with E-state index >= 15 is 4.39 Å². The highest BCUT2D eigenvalue weighted by molar-refractivity contribution is 6.30. The van der Waals surface area contributed by atoms with Crippen LogP contribution in [0.5, 0.6) is 0 Å². The summed E-state index contributed by atoms with van der Waals surface area (Å²) in [7, 11) is 0. The van der Waals surface area contributed by atoms with Crippen molar-refractivity contribution in [3.05, 3.63) is 93.5 Å². The zero-order chi connectivity index (χ0) is 27.9. The van der Waals surface area contributed by atoms with Crippen LogP contribution in [0, 0.1) is 18.7 Å². The topological polar surface area (TPSA) is 82.5 Å². The summed E-state index contributed by atoms with van der Waals surface area (Å²) in [6.45, 7) is 1.90. The molecule has 2 aliphatic rings. The predicted octanol–water partition coefficient (Wildman–Crippen LogP) is 5.69. The predicted molar refractivity (Wildman–Crippen MR) is 140 cm³/mol. The van der Waals surface area contributed by atoms with Gasteiger partial charge in [0, 0.05) is 29.9 Å². The van der Waals surface area contributed by atoms with Crippen LogP contribution in [0.15, 0.2) is 54.7 Å². The standard InChI is InChI=1S/C29H27ClF3N3O3/c1-16-5-4-7-22(24(16)31)29(39)21-6-2-3-8-23(21)36(28(29)38)15-17-9-11-19(12-10-17)35-27(37)20-13-18(30)14-34-25(20)26(32)33/h2-8,13-14,17,19,26,39H,9-12,15H2,1H3,(H,35,37). The molecule has 1 aliphatic heterocycles. The number of aromatic nitrogens is 1. The highest BCUT2D eigenvalue weighted by Crippen LogP contribution is 2.46. The summed E-state index contributed by atoms with van der Waals surface area (Å²) in [5.74, 6) is -1.82. The van der Waals surface area contributed by atoms with Crippen LogP contribution in [0.25, 0.3) is 0 Å². The van der Waals surface area contributed by atoms with E-state index in [1.165, 1.54) is 17.0 Å². The van der Waals surface area contributed by atoms with Crippen LogP contribution in [0.3, 0.4) is 0 Å². The van der Waals surface area contributed by atoms with E-state index in [1.54, 1.807) is 43.3 Å². The number of amides is 2. The summed E-state index contributed by atoms with van der Waals surface area (Å²) in [5.41, 5.74) is -1.87. The molecule has 6 nitrogen and oxygen atoms in total. The number of hydrogen-bond acceptors (Lipinski definition) is 4. The Bertz CT molecular complexity index is 1430. The van der Waals surface area contributed by atoms with Crippen molar-refractivity contribution >= 4 is 29.1 Å². The van der Waals surface area contributed by atoms with Gasteiger partial charge >= 0.3 is 0 Å². The van der Waals surface area contributed by atoms with Crippen LogP contribution in [0.4, 0.5) is 18.9 Å². The van der Waals surface area contributed by atoms with Crippen molar-refractivity contribution in [2.24, 2.45) is 5.92 Å². The second-order valence-electron chi connectivity index (χ2n) is 10.2. The first-order chi connectivity index (χ1) is 18.6. The van der Waals surface area contributed by atoms with E-state index < -0.39 is 35.4 Å². The number of aliphatic hydroxyl groups is 1. The lowest BCUT2D eigenvalue weighted by molar-refractivity contribution is -0.132. The molecule has 39 heavy (non-hydrogen) atoms. The van der Waals surface area contributed by atoms with Gasteiger partial charge in [0.25, 0.3) is 18.2 Å². The van der Waals surface area contributed by atoms with Crippen LogP contribution < -0.4 is 10.2 Å². The summed E-state index contributed by atoms with van der Waals surface area (Å²) in [6, 6.07) is 12.4. The van der Waals surface area contributed by atoms with Gasteiger partial charge in [0.05, 0.1) is 16.3 Å². The number of rotatable bonds is 6. The number of carbonyl (C=O) groups excluding carboxylic acids is 2. The Morgan fingerprint density at radius 2 is 1.85 bits per heavy atom. The number of nitrogens with zero attached hydrogens (tertiary/aromatic N) is 2. The minimum absolute atomic E-state index is 0.0596. The summed E-state index contributed by atoms with van der Waals surface area (Å²) < 4.78 is 41.8. The molecule has 1 saturated carbocycles. The minimum Gasteiger partial charge on any atom is -0.372 e. The molecule has 2 N–H and O–H groups in total. The number of aryl methyl sites for hydroxylation is 1. The molecular weight excluding hydrogens is 531 g/mol. The van der Waals surface area contributed by atoms with Gasteiger partial charge in [-0.1, -0.05) is 48.0 Å². The van der Waals surface area contributed by atoms with Crippen molar-refractivity contribution in [3.8, 4) is 0 Å². The van der Waals surface area contributed by atoms with E-state index in [9.17, 15) is 23.5 Å². The van der Waals surface area contributed by atoms with Crippen molar-refractivity contribution in [2.45, 2.75) is 50.7 Å². The maximum Gasteiger partial charge on any atom is 0.281 e. The third-order valence-electron chi connectivity index (χ3n) is 7.68. The zero-order valence-corrected chi connectivity index (χ0v) is 21.9. The number of pyridine rings is 1. The second kappa shape index (κ2) is 10.6. The number of benzene rings is 2. The lowest BCUT2D eigenvalue weighted by Crippen LogP contribution is -2.45. The van der Waals surface area contributed by atoms with E-state index in [2.05, 4.69) is 10.3 Å². The number of nitrogens with one attached hydrogen (secondary N) is 1. The summed E-state index contributed by atoms with van der Waals surface area (Å²) in [6.07, 6.45) is 0.639. The van der Waals surface area contributed by atoms with E-state index in [0.717, 1.165) is 6.20 Å². The average Bonchev–Trinajstić information content (AvgIpc) is 3.13. The average molecular weight is 558 g/mol. The van der Waals surface area contributed by atoms with E-state index in [-0.39, 0.29) is 28.1 Å². The Labute approximate surface area is 228 Å². The summed E-state index contributed by atoms with van der Waals surface area (Å²) in [4.78, 5) is 31.5. The maximum absolute atomic E-state index is 15.1. The highest BCUT2D eigenvalue weighted by Gasteiger charge is 2.52. The number of hydrogen-bond donors (Lipinski definition) is 2. The van der Waals surface area contributed by atoms with Crippen molar-refractivity contribution in [1.82, 2.24) is 10.3 Å². The second-order valence-corrected chi connectivity index (χ2v) is 10.6. The Hall–Kier alpha value is -3.43. The van der Waals surface area contributed by atoms with Gasteiger partial charge in [0.2, 0.25) is 0 Å². The molecule has 0 bridgehead atoms. The van der Waals surface area contributed by atoms with Crippen molar-refractivity contribution < 1.29 is 27.9 Å². The van der Waals surface area contributed by atoms with Gasteiger partial charge in [-0.15, -0.1) is 0 Å². The van der Waals surface area contributed by atoms with Gasteiger partial charge in [-0.3, -0.25) is 14.6 Å². The Balaban J connectivity index is 1.29. The SMILES string of the molecule is Cc1cccc(C2(O)C(=O)N(CC3CCC(NC(=O)c4cc(Cl)cnc4C(F)F)CC3)c3ccccc32)c1F. The van der Waals surface area contributed by atoms with Crippen molar-refractivity contribution in [3.63, 3.8) is 0 Å². The fraction of sp³-hybridized carbons (Fsp3) is 0.345. The van der Waals surface area contributed by atoms with Crippen molar-refractivity contribution in [2.75, 3.05) is 11.4 Å². The fourth-order valence-corrected chi connectivity index (χ4v) is 5.78. The first kappa shape index (κ1) is 27.1. The maximum atomic E-state index is 15.1. The van der Waals surface area contributed by atoms with Gasteiger partial charge in [-0.25, -0.2) is 13.2 Å². The van der Waals surface area contributed by atoms with Gasteiger partial charge in [-0.05, 0) is 56.2 Å². The summed E-state index contributed by atoms with van der Waals surface area (Å²) >= 11 is 5.87. The number of alkyl halides is 2. The first-order valence-electron chi connectivity index (χ1n) is 12.7. The molecule has 0 spiro atoms. The molecular formula is C29H27ClF3N3O3. The Morgan fingerprint density at radius 3 is 2.56 bits per heavy atom. The van der Waals surface area contributed by atoms with Crippen LogP contribution in [-0.4, -0.2) is 34.5 Å². The number of halogens is 4. The number of carbonyl (C=O) groups is 2. The lowest BCUT2D eigenvalue weighted by atomic mass is 9.85. The van der Waals surface area contributed by atoms with Crippen LogP contribution in [0.2, 0.25) is 5.02 Å². The van der Waals surface area contributed by atoms with E-state index in [1.807, 2.05) is 0 Å². The van der Waals surface area contributed by atoms with E-state index in [4.69, 9.17) is 11.6 Å². The molecule has 3 aromatic rings. The molecule has 1 aromatic heterocycles. The molecule has 10 heteroatoms. The normalized spacial score (nSPS) is 22.7. The van der Waals surface area contributed by atoms with Gasteiger partial charge in [-0.2, -0.15) is 0 Å². The first-order valence-corrected chi connectivity index (χ1v) is 13.1. The molecule has 1 atom stereocenters. The molecule has 1 unspecified atom stereocenters. The van der Waals surface area contributed by atoms with E-state index in [0.29, 0.717) is 49.0 Å². The number of fused-ring (bicyclic) bond motifs is 1. The highest BCUT2D eigenvalue weighted by atomic mass is 35.5. The molecule has 204 valence electrons. The molecule has 1 fully saturated rings. The molecule has 0 radical (unpaired) electrons. The fourth-order valence-electron chi connectivity index (χ4n) is 5.62. The summed E-state index contributed by atoms with van der Waals surface area (Å²) in [5, 5.41) is 14.6. The third kappa shape index (κ3) is 4.89. The molecule has 2 aromatic carbocycles. The molecule has 2 heterocycles. The monoisotopic (exact) mass is 557 g/mol. The smallest absolute Gasteiger partial charge is 0.281 e. The third-order valence-corrected chi connectivity index (χ3v) is 7.89. The van der Waals surface area contributed by atoms with Gasteiger partial charge < -0.3 is 15.3 Å². The number of anilines is 1. The van der Waals surface area contributed by atoms with Gasteiger partial charge in [0.1, 0.15) is 11.5 Å². The van der Waals surface area contributed by atoms with Crippen molar-refractivity contribution in [1.29, 1.82) is 0 Å². The lowest BCUT2D eigenvalue weighted by Gasteiger charge is -2.32. The largest absolute Gasteiger partial charge is 0.372 e. The van der Waals surface area contributed by atoms with Crippen LogP contribution >= 0.6 is 11.6 Å². The Morgan fingerprint density at radius 1 is 1.15 bits per heavy atom. The van der Waals surface area contributed by atoms with Crippen LogP contribution in [-0.2, 0) is 10.4 Å². The molecule has 1 aliphatic carbocycles. The quantitative estimate of drug-likeness (QED) is 0.408. The molecule has 2 amide bonds. The minimum atomic E-state index is -2.91. The zero-order valence-electron chi connectivity index (χ0n) is 21.1. The van der Waals surface area contributed by atoms with Gasteiger partial charge in [0.15, 0.2) is 5.60 Å². The number of para-hydroxylation sites is 1.